The van der Waals surface area contributed by atoms with Gasteiger partial charge in [0.05, 0.1) is 20.6 Å². The number of carbonyl (C=O) groups excluding carboxylic acids is 1. The highest BCUT2D eigenvalue weighted by molar-refractivity contribution is 5.89. The fourth-order valence-corrected chi connectivity index (χ4v) is 2.89. The van der Waals surface area contributed by atoms with Crippen molar-refractivity contribution in [3.63, 3.8) is 0 Å². The van der Waals surface area contributed by atoms with Gasteiger partial charge in [0.15, 0.2) is 23.0 Å². The van der Waals surface area contributed by atoms with Gasteiger partial charge in [-0.1, -0.05) is 12.1 Å². The number of hydrogen-bond acceptors (Lipinski definition) is 8. The summed E-state index contributed by atoms with van der Waals surface area (Å²) >= 11 is 0. The molecule has 2 heterocycles. The van der Waals surface area contributed by atoms with Crippen molar-refractivity contribution in [3.8, 4) is 23.0 Å². The van der Waals surface area contributed by atoms with E-state index < -0.39 is 5.91 Å². The van der Waals surface area contributed by atoms with Crippen LogP contribution in [-0.4, -0.2) is 37.1 Å². The lowest BCUT2D eigenvalue weighted by molar-refractivity contribution is 0.0914. The van der Waals surface area contributed by atoms with Crippen LogP contribution in [0.5, 0.6) is 23.0 Å². The topological polar surface area (TPSA) is 105 Å². The molecule has 3 aromatic rings. The number of aromatic nitrogens is 2. The number of nitrogens with zero attached hydrogens (tertiary/aromatic N) is 2. The number of benzene rings is 2. The average molecular weight is 397 g/mol. The predicted octanol–water partition coefficient (Wildman–Crippen LogP) is 2.34. The molecule has 0 bridgehead atoms. The van der Waals surface area contributed by atoms with Gasteiger partial charge in [-0.25, -0.2) is 0 Å². The molecule has 0 atom stereocenters. The molecule has 9 nitrogen and oxygen atoms in total. The summed E-state index contributed by atoms with van der Waals surface area (Å²) in [4.78, 5) is 12.3. The standard InChI is InChI=1S/C20H19N3O6/c1-25-14-5-3-12(7-16(14)26-2)9-18-22-23-20(29-18)19(24)21-10-13-4-6-15-17(8-13)28-11-27-15/h3-8H,9-11H2,1-2H3,(H,21,24). The molecule has 1 N–H and O–H groups in total. The Morgan fingerprint density at radius 3 is 2.62 bits per heavy atom. The minimum absolute atomic E-state index is 0.0961. The van der Waals surface area contributed by atoms with E-state index in [1.807, 2.05) is 24.3 Å². The number of ether oxygens (including phenoxy) is 4. The molecule has 2 aromatic carbocycles. The van der Waals surface area contributed by atoms with Gasteiger partial charge in [0.1, 0.15) is 0 Å². The number of nitrogens with one attached hydrogen (secondary N) is 1. The van der Waals surface area contributed by atoms with Crippen molar-refractivity contribution in [3.05, 3.63) is 59.3 Å². The average Bonchev–Trinajstić information content (AvgIpc) is 3.41. The maximum absolute atomic E-state index is 12.3. The van der Waals surface area contributed by atoms with Crippen molar-refractivity contribution in [2.24, 2.45) is 0 Å². The molecule has 0 saturated carbocycles. The first kappa shape index (κ1) is 18.6. The number of rotatable bonds is 7. The van der Waals surface area contributed by atoms with E-state index in [1.165, 1.54) is 0 Å². The van der Waals surface area contributed by atoms with E-state index >= 15 is 0 Å². The highest BCUT2D eigenvalue weighted by Gasteiger charge is 2.17. The number of fused-ring (bicyclic) bond motifs is 1. The molecule has 1 aliphatic heterocycles. The molecule has 0 aliphatic carbocycles. The van der Waals surface area contributed by atoms with Crippen LogP contribution in [0.2, 0.25) is 0 Å². The Balaban J connectivity index is 1.37. The second-order valence-corrected chi connectivity index (χ2v) is 6.24. The van der Waals surface area contributed by atoms with E-state index in [-0.39, 0.29) is 12.7 Å². The largest absolute Gasteiger partial charge is 0.493 e. The predicted molar refractivity (Wildman–Crippen MR) is 100 cm³/mol. The fraction of sp³-hybridized carbons (Fsp3) is 0.250. The van der Waals surface area contributed by atoms with E-state index in [4.69, 9.17) is 23.4 Å². The van der Waals surface area contributed by atoms with Crippen molar-refractivity contribution in [1.29, 1.82) is 0 Å². The SMILES string of the molecule is COc1ccc(Cc2nnc(C(=O)NCc3ccc4c(c3)OCO4)o2)cc1OC. The van der Waals surface area contributed by atoms with Crippen molar-refractivity contribution >= 4 is 5.91 Å². The molecule has 1 aliphatic rings. The lowest BCUT2D eigenvalue weighted by Gasteiger charge is -2.08. The van der Waals surface area contributed by atoms with Crippen LogP contribution in [0.1, 0.15) is 27.7 Å². The Kier molecular flexibility index (Phi) is 5.19. The maximum Gasteiger partial charge on any atom is 0.309 e. The molecule has 0 saturated heterocycles. The highest BCUT2D eigenvalue weighted by atomic mass is 16.7. The van der Waals surface area contributed by atoms with Crippen LogP contribution in [0.25, 0.3) is 0 Å². The normalized spacial score (nSPS) is 11.9. The third-order valence-corrected chi connectivity index (χ3v) is 4.35. The summed E-state index contributed by atoms with van der Waals surface area (Å²) in [6.07, 6.45) is 0.364. The first-order valence-corrected chi connectivity index (χ1v) is 8.86. The van der Waals surface area contributed by atoms with E-state index in [2.05, 4.69) is 15.5 Å². The molecule has 150 valence electrons. The third kappa shape index (κ3) is 4.08. The van der Waals surface area contributed by atoms with E-state index in [1.54, 1.807) is 26.4 Å². The second kappa shape index (κ2) is 8.09. The van der Waals surface area contributed by atoms with Crippen molar-refractivity contribution in [2.45, 2.75) is 13.0 Å². The minimum atomic E-state index is -0.450. The lowest BCUT2D eigenvalue weighted by atomic mass is 10.1. The van der Waals surface area contributed by atoms with Crippen molar-refractivity contribution < 1.29 is 28.2 Å². The van der Waals surface area contributed by atoms with Crippen LogP contribution in [0.15, 0.2) is 40.8 Å². The number of carbonyl (C=O) groups is 1. The van der Waals surface area contributed by atoms with Crippen LogP contribution < -0.4 is 24.3 Å². The summed E-state index contributed by atoms with van der Waals surface area (Å²) in [6.45, 7) is 0.499. The zero-order valence-corrected chi connectivity index (χ0v) is 15.9. The Morgan fingerprint density at radius 2 is 1.79 bits per heavy atom. The van der Waals surface area contributed by atoms with Gasteiger partial charge in [-0.3, -0.25) is 4.79 Å². The monoisotopic (exact) mass is 397 g/mol. The van der Waals surface area contributed by atoms with Gasteiger partial charge < -0.3 is 28.7 Å². The summed E-state index contributed by atoms with van der Waals surface area (Å²) in [5.74, 6) is 2.36. The van der Waals surface area contributed by atoms with Crippen molar-refractivity contribution in [1.82, 2.24) is 15.5 Å². The molecular formula is C20H19N3O6. The summed E-state index contributed by atoms with van der Waals surface area (Å²) < 4.78 is 26.6. The van der Waals surface area contributed by atoms with Gasteiger partial charge in [-0.05, 0) is 35.4 Å². The Labute approximate surface area is 166 Å². The van der Waals surface area contributed by atoms with Crippen LogP contribution in [0.3, 0.4) is 0 Å². The smallest absolute Gasteiger partial charge is 0.309 e. The zero-order valence-electron chi connectivity index (χ0n) is 15.9. The molecule has 9 heteroatoms. The molecule has 4 rings (SSSR count). The molecule has 1 aromatic heterocycles. The first-order chi connectivity index (χ1) is 14.2. The van der Waals surface area contributed by atoms with Gasteiger partial charge in [0.25, 0.3) is 0 Å². The third-order valence-electron chi connectivity index (χ3n) is 4.35. The van der Waals surface area contributed by atoms with E-state index in [0.717, 1.165) is 11.1 Å². The summed E-state index contributed by atoms with van der Waals surface area (Å²) in [7, 11) is 3.14. The minimum Gasteiger partial charge on any atom is -0.493 e. The van der Waals surface area contributed by atoms with Gasteiger partial charge in [0, 0.05) is 6.54 Å². The molecule has 29 heavy (non-hydrogen) atoms. The first-order valence-electron chi connectivity index (χ1n) is 8.86. The van der Waals surface area contributed by atoms with Gasteiger partial charge >= 0.3 is 11.8 Å². The summed E-state index contributed by atoms with van der Waals surface area (Å²) in [5, 5.41) is 10.5. The Morgan fingerprint density at radius 1 is 1.00 bits per heavy atom. The van der Waals surface area contributed by atoms with Crippen LogP contribution in [-0.2, 0) is 13.0 Å². The number of hydrogen-bond donors (Lipinski definition) is 1. The van der Waals surface area contributed by atoms with Crippen LogP contribution >= 0.6 is 0 Å². The van der Waals surface area contributed by atoms with Gasteiger partial charge in [0.2, 0.25) is 12.7 Å². The molecule has 0 radical (unpaired) electrons. The van der Waals surface area contributed by atoms with E-state index in [0.29, 0.717) is 41.9 Å². The molecule has 0 spiro atoms. The van der Waals surface area contributed by atoms with Gasteiger partial charge in [-0.2, -0.15) is 0 Å². The Bertz CT molecular complexity index is 1030. The molecule has 0 fully saturated rings. The highest BCUT2D eigenvalue weighted by Crippen LogP contribution is 2.32. The summed E-state index contributed by atoms with van der Waals surface area (Å²) in [6, 6.07) is 11.0. The maximum atomic E-state index is 12.3. The van der Waals surface area contributed by atoms with Crippen LogP contribution in [0, 0.1) is 0 Å². The molecule has 0 unspecified atom stereocenters. The number of methoxy groups -OCH3 is 2. The van der Waals surface area contributed by atoms with Crippen molar-refractivity contribution in [2.75, 3.05) is 21.0 Å². The second-order valence-electron chi connectivity index (χ2n) is 6.24. The molecule has 1 amide bonds. The van der Waals surface area contributed by atoms with Crippen LogP contribution in [0.4, 0.5) is 0 Å². The van der Waals surface area contributed by atoms with Gasteiger partial charge in [-0.15, -0.1) is 10.2 Å². The van der Waals surface area contributed by atoms with E-state index in [9.17, 15) is 4.79 Å². The lowest BCUT2D eigenvalue weighted by Crippen LogP contribution is -2.23. The quantitative estimate of drug-likeness (QED) is 0.648. The number of amides is 1. The Hall–Kier alpha value is -3.75. The zero-order chi connectivity index (χ0) is 20.2. The fourth-order valence-electron chi connectivity index (χ4n) is 2.89. The summed E-state index contributed by atoms with van der Waals surface area (Å²) in [5.41, 5.74) is 1.76. The molecular weight excluding hydrogens is 378 g/mol.